The number of alkyl halides is 4. The molecule has 0 aromatic heterocycles. The van der Waals surface area contributed by atoms with Crippen LogP contribution in [-0.4, -0.2) is 25.4 Å². The standard InChI is InChI=1S/C13H13ClF3NO2/c1-20-11-3-2-9(13(15,16)17)5-10(11)18-7-8(6-14)4-12(18)19/h2-3,5,8H,4,6-7H2,1H3. The maximum atomic E-state index is 12.8. The van der Waals surface area contributed by atoms with E-state index in [4.69, 9.17) is 16.3 Å². The highest BCUT2D eigenvalue weighted by molar-refractivity contribution is 6.18. The minimum absolute atomic E-state index is 0.0524. The predicted octanol–water partition coefficient (Wildman–Crippen LogP) is 3.31. The normalized spacial score (nSPS) is 19.6. The third kappa shape index (κ3) is 2.85. The molecule has 1 amide bonds. The Morgan fingerprint density at radius 1 is 1.45 bits per heavy atom. The molecule has 1 unspecified atom stereocenters. The minimum Gasteiger partial charge on any atom is -0.495 e. The van der Waals surface area contributed by atoms with Crippen molar-refractivity contribution in [2.24, 2.45) is 5.92 Å². The molecular weight excluding hydrogens is 295 g/mol. The third-order valence-corrected chi connectivity index (χ3v) is 3.66. The lowest BCUT2D eigenvalue weighted by Gasteiger charge is -2.21. The van der Waals surface area contributed by atoms with Gasteiger partial charge in [-0.1, -0.05) is 0 Å². The molecular formula is C13H13ClF3NO2. The van der Waals surface area contributed by atoms with Crippen LogP contribution in [0.25, 0.3) is 0 Å². The lowest BCUT2D eigenvalue weighted by atomic mass is 10.1. The summed E-state index contributed by atoms with van der Waals surface area (Å²) in [5, 5.41) is 0. The Hall–Kier alpha value is -1.43. The number of rotatable bonds is 3. The van der Waals surface area contributed by atoms with Crippen molar-refractivity contribution >= 4 is 23.2 Å². The van der Waals surface area contributed by atoms with Crippen LogP contribution in [0, 0.1) is 5.92 Å². The van der Waals surface area contributed by atoms with Crippen LogP contribution in [0.2, 0.25) is 0 Å². The monoisotopic (exact) mass is 307 g/mol. The van der Waals surface area contributed by atoms with E-state index in [0.29, 0.717) is 12.4 Å². The van der Waals surface area contributed by atoms with Gasteiger partial charge in [-0.05, 0) is 24.1 Å². The highest BCUT2D eigenvalue weighted by Crippen LogP contribution is 2.38. The van der Waals surface area contributed by atoms with Crippen molar-refractivity contribution in [3.05, 3.63) is 23.8 Å². The summed E-state index contributed by atoms with van der Waals surface area (Å²) in [4.78, 5) is 13.2. The van der Waals surface area contributed by atoms with E-state index in [9.17, 15) is 18.0 Å². The van der Waals surface area contributed by atoms with E-state index in [1.165, 1.54) is 18.1 Å². The average Bonchev–Trinajstić information content (AvgIpc) is 2.78. The van der Waals surface area contributed by atoms with Crippen LogP contribution in [0.5, 0.6) is 5.75 Å². The molecule has 0 aliphatic carbocycles. The summed E-state index contributed by atoms with van der Waals surface area (Å²) >= 11 is 5.71. The van der Waals surface area contributed by atoms with Crippen molar-refractivity contribution in [2.45, 2.75) is 12.6 Å². The summed E-state index contributed by atoms with van der Waals surface area (Å²) < 4.78 is 43.3. The SMILES string of the molecule is COc1ccc(C(F)(F)F)cc1N1CC(CCl)CC1=O. The number of anilines is 1. The van der Waals surface area contributed by atoms with Gasteiger partial charge in [0.2, 0.25) is 5.91 Å². The van der Waals surface area contributed by atoms with E-state index < -0.39 is 11.7 Å². The van der Waals surface area contributed by atoms with Gasteiger partial charge in [-0.2, -0.15) is 13.2 Å². The molecule has 0 N–H and O–H groups in total. The summed E-state index contributed by atoms with van der Waals surface area (Å²) in [5.74, 6) is 0.238. The summed E-state index contributed by atoms with van der Waals surface area (Å²) in [6, 6.07) is 3.09. The molecule has 0 bridgehead atoms. The van der Waals surface area contributed by atoms with Gasteiger partial charge in [0.05, 0.1) is 18.4 Å². The first kappa shape index (κ1) is 15.0. The lowest BCUT2D eigenvalue weighted by molar-refractivity contribution is -0.137. The Morgan fingerprint density at radius 3 is 2.65 bits per heavy atom. The Bertz CT molecular complexity index is 519. The summed E-state index contributed by atoms with van der Waals surface area (Å²) in [6.07, 6.45) is -4.22. The molecule has 1 aromatic carbocycles. The Morgan fingerprint density at radius 2 is 2.15 bits per heavy atom. The van der Waals surface area contributed by atoms with Gasteiger partial charge >= 0.3 is 6.18 Å². The molecule has 110 valence electrons. The molecule has 1 atom stereocenters. The van der Waals surface area contributed by atoms with Crippen LogP contribution < -0.4 is 9.64 Å². The molecule has 1 aliphatic heterocycles. The second kappa shape index (κ2) is 5.52. The molecule has 20 heavy (non-hydrogen) atoms. The molecule has 0 saturated carbocycles. The molecule has 1 saturated heterocycles. The molecule has 1 aromatic rings. The summed E-state index contributed by atoms with van der Waals surface area (Å²) in [6.45, 7) is 0.306. The van der Waals surface area contributed by atoms with Crippen molar-refractivity contribution < 1.29 is 22.7 Å². The molecule has 1 heterocycles. The summed E-state index contributed by atoms with van der Waals surface area (Å²) in [5.41, 5.74) is -0.671. The van der Waals surface area contributed by atoms with Crippen molar-refractivity contribution in [2.75, 3.05) is 24.4 Å². The Balaban J connectivity index is 2.41. The van der Waals surface area contributed by atoms with Crippen LogP contribution in [0.1, 0.15) is 12.0 Å². The first-order chi connectivity index (χ1) is 9.36. The van der Waals surface area contributed by atoms with Gasteiger partial charge in [-0.25, -0.2) is 0 Å². The molecule has 2 rings (SSSR count). The second-order valence-electron chi connectivity index (χ2n) is 4.61. The fourth-order valence-corrected chi connectivity index (χ4v) is 2.40. The zero-order valence-electron chi connectivity index (χ0n) is 10.7. The van der Waals surface area contributed by atoms with Gasteiger partial charge in [0.25, 0.3) is 0 Å². The Kier molecular flexibility index (Phi) is 4.13. The second-order valence-corrected chi connectivity index (χ2v) is 4.92. The molecule has 0 spiro atoms. The Labute approximate surface area is 119 Å². The van der Waals surface area contributed by atoms with Crippen LogP contribution in [0.3, 0.4) is 0 Å². The summed E-state index contributed by atoms with van der Waals surface area (Å²) in [7, 11) is 1.35. The van der Waals surface area contributed by atoms with Crippen LogP contribution in [-0.2, 0) is 11.0 Å². The van der Waals surface area contributed by atoms with Gasteiger partial charge in [0.15, 0.2) is 0 Å². The van der Waals surface area contributed by atoms with Crippen LogP contribution >= 0.6 is 11.6 Å². The van der Waals surface area contributed by atoms with Gasteiger partial charge in [0.1, 0.15) is 5.75 Å². The number of amides is 1. The van der Waals surface area contributed by atoms with E-state index in [-0.39, 0.29) is 29.7 Å². The number of ether oxygens (including phenoxy) is 1. The van der Waals surface area contributed by atoms with Crippen molar-refractivity contribution in [3.8, 4) is 5.75 Å². The van der Waals surface area contributed by atoms with Crippen LogP contribution in [0.15, 0.2) is 18.2 Å². The number of halogens is 4. The smallest absolute Gasteiger partial charge is 0.416 e. The third-order valence-electron chi connectivity index (χ3n) is 3.22. The van der Waals surface area contributed by atoms with Crippen LogP contribution in [0.4, 0.5) is 18.9 Å². The number of methoxy groups -OCH3 is 1. The van der Waals surface area contributed by atoms with Gasteiger partial charge in [0, 0.05) is 18.8 Å². The van der Waals surface area contributed by atoms with Crippen molar-refractivity contribution in [1.82, 2.24) is 0 Å². The number of hydrogen-bond acceptors (Lipinski definition) is 2. The van der Waals surface area contributed by atoms with Crippen molar-refractivity contribution in [1.29, 1.82) is 0 Å². The quantitative estimate of drug-likeness (QED) is 0.802. The first-order valence-corrected chi connectivity index (χ1v) is 6.52. The predicted molar refractivity (Wildman–Crippen MR) is 69.2 cm³/mol. The number of carbonyl (C=O) groups excluding carboxylic acids is 1. The molecule has 7 heteroatoms. The first-order valence-electron chi connectivity index (χ1n) is 5.98. The molecule has 3 nitrogen and oxygen atoms in total. The number of nitrogens with zero attached hydrogens (tertiary/aromatic N) is 1. The lowest BCUT2D eigenvalue weighted by Crippen LogP contribution is -2.25. The largest absolute Gasteiger partial charge is 0.495 e. The highest BCUT2D eigenvalue weighted by atomic mass is 35.5. The number of carbonyl (C=O) groups is 1. The van der Waals surface area contributed by atoms with Gasteiger partial charge < -0.3 is 9.64 Å². The fraction of sp³-hybridized carbons (Fsp3) is 0.462. The van der Waals surface area contributed by atoms with E-state index in [0.717, 1.165) is 12.1 Å². The van der Waals surface area contributed by atoms with E-state index in [1.54, 1.807) is 0 Å². The minimum atomic E-state index is -4.46. The molecule has 0 radical (unpaired) electrons. The topological polar surface area (TPSA) is 29.5 Å². The van der Waals surface area contributed by atoms with E-state index in [2.05, 4.69) is 0 Å². The van der Waals surface area contributed by atoms with Gasteiger partial charge in [-0.3, -0.25) is 4.79 Å². The van der Waals surface area contributed by atoms with E-state index >= 15 is 0 Å². The fourth-order valence-electron chi connectivity index (χ4n) is 2.20. The van der Waals surface area contributed by atoms with Gasteiger partial charge in [-0.15, -0.1) is 11.6 Å². The molecule has 1 fully saturated rings. The number of benzene rings is 1. The zero-order chi connectivity index (χ0) is 14.9. The maximum Gasteiger partial charge on any atom is 0.416 e. The average molecular weight is 308 g/mol. The zero-order valence-corrected chi connectivity index (χ0v) is 11.5. The number of hydrogen-bond donors (Lipinski definition) is 0. The molecule has 1 aliphatic rings. The van der Waals surface area contributed by atoms with Crippen molar-refractivity contribution in [3.63, 3.8) is 0 Å². The highest BCUT2D eigenvalue weighted by Gasteiger charge is 2.35. The van der Waals surface area contributed by atoms with E-state index in [1.807, 2.05) is 0 Å². The maximum absolute atomic E-state index is 12.8.